The second-order valence-electron chi connectivity index (χ2n) is 4.73. The van der Waals surface area contributed by atoms with Gasteiger partial charge < -0.3 is 9.88 Å². The van der Waals surface area contributed by atoms with E-state index in [-0.39, 0.29) is 5.91 Å². The molecule has 1 heterocycles. The first-order valence-electron chi connectivity index (χ1n) is 6.59. The fourth-order valence-electron chi connectivity index (χ4n) is 2.47. The molecule has 1 aromatic heterocycles. The van der Waals surface area contributed by atoms with Gasteiger partial charge in [0.2, 0.25) is 5.91 Å². The predicted octanol–water partition coefficient (Wildman–Crippen LogP) is 1.89. The normalized spacial score (nSPS) is 17.0. The first kappa shape index (κ1) is 12.1. The van der Waals surface area contributed by atoms with Crippen LogP contribution in [0.25, 0.3) is 0 Å². The van der Waals surface area contributed by atoms with Crippen molar-refractivity contribution in [3.8, 4) is 0 Å². The third-order valence-electron chi connectivity index (χ3n) is 3.40. The SMILES string of the molecule is CCc1nccn1CC(=O)NC1CCCCC1. The fraction of sp³-hybridized carbons (Fsp3) is 0.692. The fourth-order valence-corrected chi connectivity index (χ4v) is 2.47. The molecule has 0 aliphatic heterocycles. The van der Waals surface area contributed by atoms with E-state index < -0.39 is 0 Å². The van der Waals surface area contributed by atoms with Crippen molar-refractivity contribution < 1.29 is 4.79 Å². The highest BCUT2D eigenvalue weighted by molar-refractivity contribution is 5.76. The van der Waals surface area contributed by atoms with Crippen molar-refractivity contribution in [1.29, 1.82) is 0 Å². The smallest absolute Gasteiger partial charge is 0.240 e. The molecule has 4 nitrogen and oxygen atoms in total. The van der Waals surface area contributed by atoms with Crippen molar-refractivity contribution >= 4 is 5.91 Å². The number of nitrogens with one attached hydrogen (secondary N) is 1. The van der Waals surface area contributed by atoms with Crippen LogP contribution in [0.2, 0.25) is 0 Å². The number of imidazole rings is 1. The Morgan fingerprint density at radius 3 is 2.94 bits per heavy atom. The molecule has 1 fully saturated rings. The molecule has 0 unspecified atom stereocenters. The van der Waals surface area contributed by atoms with Crippen molar-refractivity contribution in [1.82, 2.24) is 14.9 Å². The van der Waals surface area contributed by atoms with Crippen LogP contribution in [0.4, 0.5) is 0 Å². The van der Waals surface area contributed by atoms with Gasteiger partial charge in [-0.05, 0) is 12.8 Å². The average Bonchev–Trinajstić information content (AvgIpc) is 2.77. The summed E-state index contributed by atoms with van der Waals surface area (Å²) in [6, 6.07) is 0.393. The van der Waals surface area contributed by atoms with E-state index in [0.29, 0.717) is 12.6 Å². The van der Waals surface area contributed by atoms with E-state index in [9.17, 15) is 4.79 Å². The summed E-state index contributed by atoms with van der Waals surface area (Å²) in [5.74, 6) is 1.09. The van der Waals surface area contributed by atoms with E-state index in [1.54, 1.807) is 6.20 Å². The summed E-state index contributed by atoms with van der Waals surface area (Å²) >= 11 is 0. The monoisotopic (exact) mass is 235 g/mol. The van der Waals surface area contributed by atoms with Crippen LogP contribution in [0.1, 0.15) is 44.9 Å². The van der Waals surface area contributed by atoms with Crippen LogP contribution in [0.3, 0.4) is 0 Å². The Kier molecular flexibility index (Phi) is 4.18. The number of hydrogen-bond donors (Lipinski definition) is 1. The molecule has 1 amide bonds. The van der Waals surface area contributed by atoms with E-state index >= 15 is 0 Å². The number of aryl methyl sites for hydroxylation is 1. The molecule has 1 aliphatic rings. The molecule has 4 heteroatoms. The first-order valence-corrected chi connectivity index (χ1v) is 6.59. The second kappa shape index (κ2) is 5.84. The van der Waals surface area contributed by atoms with Crippen molar-refractivity contribution in [2.45, 2.75) is 58.0 Å². The zero-order valence-corrected chi connectivity index (χ0v) is 10.5. The number of carbonyl (C=O) groups excluding carboxylic acids is 1. The summed E-state index contributed by atoms with van der Waals surface area (Å²) < 4.78 is 1.93. The topological polar surface area (TPSA) is 46.9 Å². The van der Waals surface area contributed by atoms with Gasteiger partial charge >= 0.3 is 0 Å². The zero-order valence-electron chi connectivity index (χ0n) is 10.5. The Hall–Kier alpha value is -1.32. The maximum atomic E-state index is 11.9. The Balaban J connectivity index is 1.84. The number of rotatable bonds is 4. The maximum Gasteiger partial charge on any atom is 0.240 e. The zero-order chi connectivity index (χ0) is 12.1. The molecule has 0 atom stereocenters. The van der Waals surface area contributed by atoms with Gasteiger partial charge in [0.05, 0.1) is 0 Å². The van der Waals surface area contributed by atoms with Gasteiger partial charge in [-0.3, -0.25) is 4.79 Å². The quantitative estimate of drug-likeness (QED) is 0.866. The lowest BCUT2D eigenvalue weighted by Gasteiger charge is -2.22. The Morgan fingerprint density at radius 2 is 2.24 bits per heavy atom. The van der Waals surface area contributed by atoms with Crippen LogP contribution >= 0.6 is 0 Å². The molecule has 0 saturated heterocycles. The second-order valence-corrected chi connectivity index (χ2v) is 4.73. The molecular formula is C13H21N3O. The summed E-state index contributed by atoms with van der Waals surface area (Å²) in [4.78, 5) is 16.1. The molecule has 0 bridgehead atoms. The van der Waals surface area contributed by atoms with Crippen LogP contribution in [-0.2, 0) is 17.8 Å². The highest BCUT2D eigenvalue weighted by Gasteiger charge is 2.16. The molecule has 1 N–H and O–H groups in total. The van der Waals surface area contributed by atoms with Crippen molar-refractivity contribution in [2.75, 3.05) is 0 Å². The molecule has 1 saturated carbocycles. The van der Waals surface area contributed by atoms with Gasteiger partial charge in [-0.1, -0.05) is 26.2 Å². The van der Waals surface area contributed by atoms with Crippen LogP contribution < -0.4 is 5.32 Å². The molecule has 94 valence electrons. The summed E-state index contributed by atoms with van der Waals surface area (Å²) in [6.45, 7) is 2.46. The standard InChI is InChI=1S/C13H21N3O/c1-2-12-14-8-9-16(12)10-13(17)15-11-6-4-3-5-7-11/h8-9,11H,2-7,10H2,1H3,(H,15,17). The van der Waals surface area contributed by atoms with E-state index in [1.165, 1.54) is 19.3 Å². The lowest BCUT2D eigenvalue weighted by atomic mass is 9.95. The van der Waals surface area contributed by atoms with Gasteiger partial charge in [-0.2, -0.15) is 0 Å². The highest BCUT2D eigenvalue weighted by atomic mass is 16.2. The van der Waals surface area contributed by atoms with Gasteiger partial charge in [0.15, 0.2) is 0 Å². The van der Waals surface area contributed by atoms with Gasteiger partial charge in [-0.15, -0.1) is 0 Å². The third kappa shape index (κ3) is 3.32. The summed E-state index contributed by atoms with van der Waals surface area (Å²) in [5, 5.41) is 3.12. The molecule has 0 aromatic carbocycles. The van der Waals surface area contributed by atoms with E-state index in [4.69, 9.17) is 0 Å². The number of carbonyl (C=O) groups is 1. The molecule has 1 aromatic rings. The minimum Gasteiger partial charge on any atom is -0.352 e. The van der Waals surface area contributed by atoms with Crippen LogP contribution in [-0.4, -0.2) is 21.5 Å². The molecule has 0 radical (unpaired) electrons. The van der Waals surface area contributed by atoms with Crippen molar-refractivity contribution in [2.24, 2.45) is 0 Å². The largest absolute Gasteiger partial charge is 0.352 e. The molecule has 0 spiro atoms. The summed E-state index contributed by atoms with van der Waals surface area (Å²) in [5.41, 5.74) is 0. The van der Waals surface area contributed by atoms with E-state index in [1.807, 2.05) is 10.8 Å². The number of aromatic nitrogens is 2. The van der Waals surface area contributed by atoms with Crippen molar-refractivity contribution in [3.05, 3.63) is 18.2 Å². The molecule has 2 rings (SSSR count). The highest BCUT2D eigenvalue weighted by Crippen LogP contribution is 2.17. The first-order chi connectivity index (χ1) is 8.29. The Labute approximate surface area is 102 Å². The summed E-state index contributed by atoms with van der Waals surface area (Å²) in [7, 11) is 0. The predicted molar refractivity (Wildman–Crippen MR) is 66.6 cm³/mol. The number of hydrogen-bond acceptors (Lipinski definition) is 2. The van der Waals surface area contributed by atoms with Crippen LogP contribution in [0.5, 0.6) is 0 Å². The Morgan fingerprint density at radius 1 is 1.47 bits per heavy atom. The molecule has 1 aliphatic carbocycles. The van der Waals surface area contributed by atoms with Gasteiger partial charge in [0.1, 0.15) is 12.4 Å². The van der Waals surface area contributed by atoms with E-state index in [2.05, 4.69) is 17.2 Å². The van der Waals surface area contributed by atoms with Gasteiger partial charge in [-0.25, -0.2) is 4.98 Å². The lowest BCUT2D eigenvalue weighted by molar-refractivity contribution is -0.122. The Bertz CT molecular complexity index is 366. The minimum absolute atomic E-state index is 0.115. The minimum atomic E-state index is 0.115. The number of amides is 1. The van der Waals surface area contributed by atoms with Gasteiger partial charge in [0, 0.05) is 24.9 Å². The van der Waals surface area contributed by atoms with Crippen LogP contribution in [0, 0.1) is 0 Å². The average molecular weight is 235 g/mol. The third-order valence-corrected chi connectivity index (χ3v) is 3.40. The van der Waals surface area contributed by atoms with Gasteiger partial charge in [0.25, 0.3) is 0 Å². The maximum absolute atomic E-state index is 11.9. The molecular weight excluding hydrogens is 214 g/mol. The van der Waals surface area contributed by atoms with Crippen molar-refractivity contribution in [3.63, 3.8) is 0 Å². The lowest BCUT2D eigenvalue weighted by Crippen LogP contribution is -2.38. The molecule has 17 heavy (non-hydrogen) atoms. The van der Waals surface area contributed by atoms with E-state index in [0.717, 1.165) is 25.1 Å². The van der Waals surface area contributed by atoms with Crippen LogP contribution in [0.15, 0.2) is 12.4 Å². The summed E-state index contributed by atoms with van der Waals surface area (Å²) in [6.07, 6.45) is 10.6. The number of nitrogens with zero attached hydrogens (tertiary/aromatic N) is 2.